The lowest BCUT2D eigenvalue weighted by Gasteiger charge is -2.30. The van der Waals surface area contributed by atoms with Crippen molar-refractivity contribution >= 4 is 16.8 Å². The van der Waals surface area contributed by atoms with Crippen molar-refractivity contribution in [1.82, 2.24) is 14.0 Å². The lowest BCUT2D eigenvalue weighted by Crippen LogP contribution is -2.42. The molecular weight excluding hydrogens is 242 g/mol. The third-order valence-corrected chi connectivity index (χ3v) is 3.85. The maximum absolute atomic E-state index is 12.4. The first-order valence-electron chi connectivity index (χ1n) is 6.45. The normalized spacial score (nSPS) is 14.8. The third-order valence-electron chi connectivity index (χ3n) is 3.85. The Morgan fingerprint density at radius 2 is 1.84 bits per heavy atom. The molecule has 0 spiro atoms. The Bertz CT molecular complexity index is 735. The van der Waals surface area contributed by atoms with E-state index in [9.17, 15) is 9.59 Å². The molecule has 0 atom stereocenters. The van der Waals surface area contributed by atoms with Crippen LogP contribution < -0.4 is 5.56 Å². The fraction of sp³-hybridized carbons (Fsp3) is 0.429. The van der Waals surface area contributed by atoms with Gasteiger partial charge in [0.05, 0.1) is 16.5 Å². The SMILES string of the molecule is Cc1cn(C)c(=O)c2c(C(=O)N3CCC3)cn(C)c12. The lowest BCUT2D eigenvalue weighted by molar-refractivity contribution is 0.0653. The maximum atomic E-state index is 12.4. The molecule has 5 heteroatoms. The van der Waals surface area contributed by atoms with Gasteiger partial charge in [0, 0.05) is 39.6 Å². The largest absolute Gasteiger partial charge is 0.349 e. The highest BCUT2D eigenvalue weighted by molar-refractivity contribution is 6.07. The van der Waals surface area contributed by atoms with Gasteiger partial charge in [-0.1, -0.05) is 0 Å². The first kappa shape index (κ1) is 12.0. The van der Waals surface area contributed by atoms with E-state index in [2.05, 4.69) is 0 Å². The molecule has 1 amide bonds. The van der Waals surface area contributed by atoms with Crippen LogP contribution in [0.3, 0.4) is 0 Å². The highest BCUT2D eigenvalue weighted by atomic mass is 16.2. The zero-order valence-corrected chi connectivity index (χ0v) is 11.4. The number of hydrogen-bond acceptors (Lipinski definition) is 2. The number of amides is 1. The summed E-state index contributed by atoms with van der Waals surface area (Å²) in [7, 11) is 3.60. The maximum Gasteiger partial charge on any atom is 0.260 e. The molecule has 1 fully saturated rings. The highest BCUT2D eigenvalue weighted by Crippen LogP contribution is 2.23. The Morgan fingerprint density at radius 1 is 1.16 bits per heavy atom. The van der Waals surface area contributed by atoms with E-state index in [-0.39, 0.29) is 11.5 Å². The summed E-state index contributed by atoms with van der Waals surface area (Å²) in [6.45, 7) is 3.54. The smallest absolute Gasteiger partial charge is 0.260 e. The minimum atomic E-state index is -0.106. The molecule has 0 bridgehead atoms. The summed E-state index contributed by atoms with van der Waals surface area (Å²) in [5.41, 5.74) is 2.28. The van der Waals surface area contributed by atoms with Crippen LogP contribution in [0, 0.1) is 6.92 Å². The van der Waals surface area contributed by atoms with Crippen molar-refractivity contribution in [3.63, 3.8) is 0 Å². The molecule has 1 saturated heterocycles. The van der Waals surface area contributed by atoms with E-state index in [4.69, 9.17) is 0 Å². The summed E-state index contributed by atoms with van der Waals surface area (Å²) < 4.78 is 3.42. The Morgan fingerprint density at radius 3 is 2.42 bits per heavy atom. The number of pyridine rings is 1. The molecule has 0 radical (unpaired) electrons. The van der Waals surface area contributed by atoms with Gasteiger partial charge in [0.15, 0.2) is 0 Å². The van der Waals surface area contributed by atoms with E-state index in [1.807, 2.05) is 24.7 Å². The summed E-state index contributed by atoms with van der Waals surface area (Å²) in [6.07, 6.45) is 4.63. The standard InChI is InChI=1S/C14H17N3O2/c1-9-7-16(3)14(19)11-10(8-15(2)12(9)11)13(18)17-5-4-6-17/h7-8H,4-6H2,1-3H3. The van der Waals surface area contributed by atoms with E-state index in [0.717, 1.165) is 30.6 Å². The van der Waals surface area contributed by atoms with Crippen molar-refractivity contribution < 1.29 is 4.79 Å². The van der Waals surface area contributed by atoms with Crippen molar-refractivity contribution in [2.45, 2.75) is 13.3 Å². The predicted octanol–water partition coefficient (Wildman–Crippen LogP) is 1.03. The van der Waals surface area contributed by atoms with Gasteiger partial charge >= 0.3 is 0 Å². The van der Waals surface area contributed by atoms with Gasteiger partial charge < -0.3 is 14.0 Å². The number of likely N-dealkylation sites (tertiary alicyclic amines) is 1. The number of carbonyl (C=O) groups is 1. The molecule has 2 aromatic heterocycles. The molecule has 0 N–H and O–H groups in total. The third kappa shape index (κ3) is 1.61. The summed E-state index contributed by atoms with van der Waals surface area (Å²) in [6, 6.07) is 0. The molecule has 3 heterocycles. The fourth-order valence-corrected chi connectivity index (χ4v) is 2.76. The summed E-state index contributed by atoms with van der Waals surface area (Å²) in [5, 5.41) is 0.543. The zero-order chi connectivity index (χ0) is 13.7. The second-order valence-corrected chi connectivity index (χ2v) is 5.25. The van der Waals surface area contributed by atoms with E-state index in [1.54, 1.807) is 22.7 Å². The number of fused-ring (bicyclic) bond motifs is 1. The quantitative estimate of drug-likeness (QED) is 0.768. The minimum absolute atomic E-state index is 0.0282. The molecule has 1 aliphatic heterocycles. The van der Waals surface area contributed by atoms with Gasteiger partial charge in [0.25, 0.3) is 11.5 Å². The zero-order valence-electron chi connectivity index (χ0n) is 11.4. The van der Waals surface area contributed by atoms with Gasteiger partial charge in [-0.05, 0) is 18.9 Å². The second kappa shape index (κ2) is 3.98. The molecule has 2 aromatic rings. The van der Waals surface area contributed by atoms with Gasteiger partial charge in [-0.3, -0.25) is 9.59 Å². The molecule has 0 unspecified atom stereocenters. The number of rotatable bonds is 1. The fourth-order valence-electron chi connectivity index (χ4n) is 2.76. The first-order chi connectivity index (χ1) is 9.00. The van der Waals surface area contributed by atoms with Gasteiger partial charge in [-0.25, -0.2) is 0 Å². The first-order valence-corrected chi connectivity index (χ1v) is 6.45. The molecule has 0 saturated carbocycles. The predicted molar refractivity (Wildman–Crippen MR) is 73.4 cm³/mol. The van der Waals surface area contributed by atoms with Crippen LogP contribution in [0.5, 0.6) is 0 Å². The van der Waals surface area contributed by atoms with Crippen LogP contribution in [0.15, 0.2) is 17.2 Å². The van der Waals surface area contributed by atoms with Gasteiger partial charge in [0.1, 0.15) is 0 Å². The molecular formula is C14H17N3O2. The molecule has 19 heavy (non-hydrogen) atoms. The van der Waals surface area contributed by atoms with Crippen molar-refractivity contribution in [3.8, 4) is 0 Å². The van der Waals surface area contributed by atoms with Crippen molar-refractivity contribution in [3.05, 3.63) is 33.9 Å². The molecule has 0 aliphatic carbocycles. The molecule has 100 valence electrons. The summed E-state index contributed by atoms with van der Waals surface area (Å²) >= 11 is 0. The van der Waals surface area contributed by atoms with Crippen LogP contribution in [0.25, 0.3) is 10.9 Å². The monoisotopic (exact) mass is 259 g/mol. The lowest BCUT2D eigenvalue weighted by atomic mass is 10.1. The van der Waals surface area contributed by atoms with Crippen LogP contribution in [0.4, 0.5) is 0 Å². The second-order valence-electron chi connectivity index (χ2n) is 5.25. The van der Waals surface area contributed by atoms with Crippen LogP contribution in [-0.4, -0.2) is 33.0 Å². The number of aryl methyl sites for hydroxylation is 3. The molecule has 1 aliphatic rings. The van der Waals surface area contributed by atoms with E-state index < -0.39 is 0 Å². The molecule has 5 nitrogen and oxygen atoms in total. The number of aromatic nitrogens is 2. The number of nitrogens with zero attached hydrogens (tertiary/aromatic N) is 3. The van der Waals surface area contributed by atoms with Crippen LogP contribution in [-0.2, 0) is 14.1 Å². The van der Waals surface area contributed by atoms with Gasteiger partial charge in [-0.2, -0.15) is 0 Å². The molecule has 3 rings (SSSR count). The Labute approximate surface area is 111 Å². The average molecular weight is 259 g/mol. The van der Waals surface area contributed by atoms with Crippen molar-refractivity contribution in [2.24, 2.45) is 14.1 Å². The Balaban J connectivity index is 2.31. The van der Waals surface area contributed by atoms with E-state index in [0.29, 0.717) is 10.9 Å². The minimum Gasteiger partial charge on any atom is -0.349 e. The van der Waals surface area contributed by atoms with Crippen molar-refractivity contribution in [2.75, 3.05) is 13.1 Å². The number of carbonyl (C=O) groups excluding carboxylic acids is 1. The topological polar surface area (TPSA) is 47.2 Å². The molecule has 0 aromatic carbocycles. The van der Waals surface area contributed by atoms with Crippen molar-refractivity contribution in [1.29, 1.82) is 0 Å². The van der Waals surface area contributed by atoms with E-state index >= 15 is 0 Å². The number of hydrogen-bond donors (Lipinski definition) is 0. The van der Waals surface area contributed by atoms with Gasteiger partial charge in [-0.15, -0.1) is 0 Å². The summed E-state index contributed by atoms with van der Waals surface area (Å²) in [5.74, 6) is -0.0282. The van der Waals surface area contributed by atoms with Crippen LogP contribution in [0.1, 0.15) is 22.3 Å². The highest BCUT2D eigenvalue weighted by Gasteiger charge is 2.26. The van der Waals surface area contributed by atoms with Crippen LogP contribution >= 0.6 is 0 Å². The van der Waals surface area contributed by atoms with E-state index in [1.165, 1.54) is 0 Å². The van der Waals surface area contributed by atoms with Crippen LogP contribution in [0.2, 0.25) is 0 Å². The Kier molecular flexibility index (Phi) is 2.52. The summed E-state index contributed by atoms with van der Waals surface area (Å²) in [4.78, 5) is 26.5. The average Bonchev–Trinajstić information content (AvgIpc) is 2.62. The van der Waals surface area contributed by atoms with Gasteiger partial charge in [0.2, 0.25) is 0 Å². The Hall–Kier alpha value is -2.04.